The quantitative estimate of drug-likeness (QED) is 0.879. The maximum absolute atomic E-state index is 12.4. The molecule has 122 valence electrons. The van der Waals surface area contributed by atoms with E-state index in [1.807, 2.05) is 6.07 Å². The molecule has 0 aliphatic rings. The fraction of sp³-hybridized carbons (Fsp3) is 0.312. The van der Waals surface area contributed by atoms with Crippen molar-refractivity contribution in [2.24, 2.45) is 5.92 Å². The van der Waals surface area contributed by atoms with Crippen LogP contribution in [0.2, 0.25) is 5.02 Å². The van der Waals surface area contributed by atoms with E-state index in [9.17, 15) is 14.7 Å². The Balaban J connectivity index is 2.31. The van der Waals surface area contributed by atoms with E-state index < -0.39 is 17.9 Å². The molecule has 0 bridgehead atoms. The molecule has 0 unspecified atom stereocenters. The van der Waals surface area contributed by atoms with Gasteiger partial charge in [0.05, 0.1) is 28.2 Å². The first-order chi connectivity index (χ1) is 10.8. The topological polar surface area (TPSA) is 84.2 Å². The number of para-hydroxylation sites is 1. The molecule has 23 heavy (non-hydrogen) atoms. The van der Waals surface area contributed by atoms with Crippen LogP contribution in [0.4, 0.5) is 0 Å². The second kappa shape index (κ2) is 6.83. The Hall–Kier alpha value is -2.34. The summed E-state index contributed by atoms with van der Waals surface area (Å²) in [5.74, 6) is -1.76. The lowest BCUT2D eigenvalue weighted by atomic mass is 10.0. The molecular formula is C16H18ClN3O3. The highest BCUT2D eigenvalue weighted by Crippen LogP contribution is 2.22. The number of rotatable bonds is 5. The molecule has 1 aromatic carbocycles. The molecule has 7 heteroatoms. The van der Waals surface area contributed by atoms with Crippen molar-refractivity contribution in [2.75, 3.05) is 0 Å². The first kappa shape index (κ1) is 17.0. The van der Waals surface area contributed by atoms with Gasteiger partial charge in [0.15, 0.2) is 0 Å². The van der Waals surface area contributed by atoms with Crippen LogP contribution in [0.15, 0.2) is 30.5 Å². The van der Waals surface area contributed by atoms with Gasteiger partial charge >= 0.3 is 5.97 Å². The number of nitrogens with zero attached hydrogens (tertiary/aromatic N) is 2. The zero-order valence-corrected chi connectivity index (χ0v) is 13.8. The summed E-state index contributed by atoms with van der Waals surface area (Å²) in [7, 11) is 0. The molecule has 0 aliphatic carbocycles. The van der Waals surface area contributed by atoms with Crippen LogP contribution in [-0.4, -0.2) is 32.8 Å². The van der Waals surface area contributed by atoms with Crippen LogP contribution in [0.1, 0.15) is 29.9 Å². The molecule has 2 aromatic rings. The summed E-state index contributed by atoms with van der Waals surface area (Å²) in [4.78, 5) is 23.6. The van der Waals surface area contributed by atoms with Gasteiger partial charge in [-0.05, 0) is 25.0 Å². The summed E-state index contributed by atoms with van der Waals surface area (Å²) in [6, 6.07) is 6.19. The number of carbonyl (C=O) groups excluding carboxylic acids is 1. The third-order valence-electron chi connectivity index (χ3n) is 3.55. The van der Waals surface area contributed by atoms with E-state index in [2.05, 4.69) is 10.4 Å². The maximum atomic E-state index is 12.4. The Kier molecular flexibility index (Phi) is 5.05. The largest absolute Gasteiger partial charge is 0.480 e. The lowest BCUT2D eigenvalue weighted by Gasteiger charge is -2.17. The first-order valence-corrected chi connectivity index (χ1v) is 7.54. The number of aliphatic carboxylic acids is 1. The van der Waals surface area contributed by atoms with Crippen molar-refractivity contribution in [1.29, 1.82) is 0 Å². The van der Waals surface area contributed by atoms with Crippen molar-refractivity contribution in [3.05, 3.63) is 46.7 Å². The third kappa shape index (κ3) is 3.53. The standard InChI is InChI=1S/C16H18ClN3O3/c1-9(2)14(16(22)23)19-15(21)11-8-18-20(10(11)3)13-7-5-4-6-12(13)17/h4-9,14H,1-3H3,(H,19,21)(H,22,23)/t14-/m1/s1. The van der Waals surface area contributed by atoms with Crippen molar-refractivity contribution >= 4 is 23.5 Å². The Labute approximate surface area is 139 Å². The van der Waals surface area contributed by atoms with Crippen LogP contribution < -0.4 is 5.32 Å². The second-order valence-corrected chi connectivity index (χ2v) is 5.95. The normalized spacial score (nSPS) is 12.2. The van der Waals surface area contributed by atoms with Gasteiger partial charge in [-0.15, -0.1) is 0 Å². The van der Waals surface area contributed by atoms with E-state index in [0.717, 1.165) is 0 Å². The SMILES string of the molecule is Cc1c(C(=O)N[C@@H](C(=O)O)C(C)C)cnn1-c1ccccc1Cl. The molecule has 1 aromatic heterocycles. The average Bonchev–Trinajstić information content (AvgIpc) is 2.86. The van der Waals surface area contributed by atoms with E-state index in [1.165, 1.54) is 6.20 Å². The summed E-state index contributed by atoms with van der Waals surface area (Å²) in [5, 5.41) is 16.4. The number of carbonyl (C=O) groups is 2. The molecule has 0 aliphatic heterocycles. The second-order valence-electron chi connectivity index (χ2n) is 5.54. The van der Waals surface area contributed by atoms with Crippen molar-refractivity contribution in [3.8, 4) is 5.69 Å². The lowest BCUT2D eigenvalue weighted by Crippen LogP contribution is -2.44. The van der Waals surface area contributed by atoms with Crippen molar-refractivity contribution in [1.82, 2.24) is 15.1 Å². The number of nitrogens with one attached hydrogen (secondary N) is 1. The fourth-order valence-electron chi connectivity index (χ4n) is 2.23. The molecule has 0 spiro atoms. The predicted molar refractivity (Wildman–Crippen MR) is 87.0 cm³/mol. The van der Waals surface area contributed by atoms with Crippen LogP contribution >= 0.6 is 11.6 Å². The van der Waals surface area contributed by atoms with Crippen LogP contribution in [0.3, 0.4) is 0 Å². The number of benzene rings is 1. The molecule has 6 nitrogen and oxygen atoms in total. The molecule has 0 saturated carbocycles. The van der Waals surface area contributed by atoms with Gasteiger partial charge in [-0.1, -0.05) is 37.6 Å². The number of carboxylic acids is 1. The maximum Gasteiger partial charge on any atom is 0.326 e. The van der Waals surface area contributed by atoms with Gasteiger partial charge in [0, 0.05) is 0 Å². The minimum Gasteiger partial charge on any atom is -0.480 e. The zero-order valence-electron chi connectivity index (χ0n) is 13.1. The van der Waals surface area contributed by atoms with E-state index in [4.69, 9.17) is 11.6 Å². The summed E-state index contributed by atoms with van der Waals surface area (Å²) < 4.78 is 1.56. The number of carboxylic acid groups (broad SMARTS) is 1. The number of amides is 1. The van der Waals surface area contributed by atoms with Crippen LogP contribution in [0.25, 0.3) is 5.69 Å². The average molecular weight is 336 g/mol. The Bertz CT molecular complexity index is 740. The van der Waals surface area contributed by atoms with Gasteiger partial charge in [-0.25, -0.2) is 9.48 Å². The monoisotopic (exact) mass is 335 g/mol. The molecular weight excluding hydrogens is 318 g/mol. The highest BCUT2D eigenvalue weighted by atomic mass is 35.5. The van der Waals surface area contributed by atoms with Gasteiger partial charge in [-0.3, -0.25) is 4.79 Å². The fourth-order valence-corrected chi connectivity index (χ4v) is 2.45. The Morgan fingerprint density at radius 3 is 2.52 bits per heavy atom. The van der Waals surface area contributed by atoms with Gasteiger partial charge in [0.2, 0.25) is 0 Å². The van der Waals surface area contributed by atoms with E-state index >= 15 is 0 Å². The van der Waals surface area contributed by atoms with Crippen molar-refractivity contribution in [3.63, 3.8) is 0 Å². The van der Waals surface area contributed by atoms with E-state index in [-0.39, 0.29) is 5.92 Å². The number of halogens is 1. The van der Waals surface area contributed by atoms with Crippen molar-refractivity contribution < 1.29 is 14.7 Å². The molecule has 1 heterocycles. The molecule has 2 N–H and O–H groups in total. The molecule has 0 fully saturated rings. The first-order valence-electron chi connectivity index (χ1n) is 7.16. The van der Waals surface area contributed by atoms with Crippen LogP contribution in [0, 0.1) is 12.8 Å². The molecule has 0 saturated heterocycles. The van der Waals surface area contributed by atoms with E-state index in [0.29, 0.717) is 22.0 Å². The smallest absolute Gasteiger partial charge is 0.326 e. The molecule has 1 amide bonds. The summed E-state index contributed by atoms with van der Waals surface area (Å²) >= 11 is 6.15. The number of hydrogen-bond acceptors (Lipinski definition) is 3. The Morgan fingerprint density at radius 1 is 1.30 bits per heavy atom. The lowest BCUT2D eigenvalue weighted by molar-refractivity contribution is -0.140. The summed E-state index contributed by atoms with van der Waals surface area (Å²) in [6.07, 6.45) is 1.41. The number of aromatic nitrogens is 2. The minimum atomic E-state index is -1.07. The highest BCUT2D eigenvalue weighted by molar-refractivity contribution is 6.32. The van der Waals surface area contributed by atoms with Gasteiger partial charge < -0.3 is 10.4 Å². The van der Waals surface area contributed by atoms with Crippen LogP contribution in [0.5, 0.6) is 0 Å². The summed E-state index contributed by atoms with van der Waals surface area (Å²) in [5.41, 5.74) is 1.56. The third-order valence-corrected chi connectivity index (χ3v) is 3.87. The van der Waals surface area contributed by atoms with Gasteiger partial charge in [0.25, 0.3) is 5.91 Å². The van der Waals surface area contributed by atoms with Crippen LogP contribution in [-0.2, 0) is 4.79 Å². The zero-order chi connectivity index (χ0) is 17.1. The highest BCUT2D eigenvalue weighted by Gasteiger charge is 2.25. The van der Waals surface area contributed by atoms with Gasteiger partial charge in [0.1, 0.15) is 6.04 Å². The van der Waals surface area contributed by atoms with E-state index in [1.54, 1.807) is 43.7 Å². The minimum absolute atomic E-state index is 0.227. The molecule has 0 radical (unpaired) electrons. The predicted octanol–water partition coefficient (Wildman–Crippen LogP) is 2.67. The summed E-state index contributed by atoms with van der Waals surface area (Å²) in [6.45, 7) is 5.20. The molecule has 2 rings (SSSR count). The van der Waals surface area contributed by atoms with Crippen molar-refractivity contribution in [2.45, 2.75) is 26.8 Å². The number of hydrogen-bond donors (Lipinski definition) is 2. The van der Waals surface area contributed by atoms with Gasteiger partial charge in [-0.2, -0.15) is 5.10 Å². The Morgan fingerprint density at radius 2 is 1.96 bits per heavy atom. The molecule has 1 atom stereocenters.